The summed E-state index contributed by atoms with van der Waals surface area (Å²) in [6.45, 7) is 2.29. The second-order valence-electron chi connectivity index (χ2n) is 4.14. The van der Waals surface area contributed by atoms with Gasteiger partial charge in [0.15, 0.2) is 0 Å². The average Bonchev–Trinajstić information content (AvgIpc) is 2.43. The Balaban J connectivity index is 1.94. The first-order chi connectivity index (χ1) is 9.56. The van der Waals surface area contributed by atoms with Crippen LogP contribution in [0, 0.1) is 6.92 Å². The third kappa shape index (κ3) is 3.41. The van der Waals surface area contributed by atoms with E-state index in [1.807, 2.05) is 0 Å². The van der Waals surface area contributed by atoms with E-state index < -0.39 is 5.63 Å². The van der Waals surface area contributed by atoms with Crippen molar-refractivity contribution in [2.45, 2.75) is 13.5 Å². The van der Waals surface area contributed by atoms with Crippen molar-refractivity contribution in [2.75, 3.05) is 6.54 Å². The number of nitrogens with one attached hydrogen (secondary N) is 1. The highest BCUT2D eigenvalue weighted by Gasteiger charge is 2.06. The van der Waals surface area contributed by atoms with Crippen molar-refractivity contribution in [3.63, 3.8) is 0 Å². The van der Waals surface area contributed by atoms with Gasteiger partial charge in [-0.2, -0.15) is 5.10 Å². The van der Waals surface area contributed by atoms with Gasteiger partial charge in [0, 0.05) is 18.7 Å². The molecule has 7 heteroatoms. The van der Waals surface area contributed by atoms with Crippen molar-refractivity contribution in [1.29, 1.82) is 0 Å². The molecule has 0 aromatic carbocycles. The minimum Gasteiger partial charge on any atom is -0.430 e. The van der Waals surface area contributed by atoms with E-state index >= 15 is 0 Å². The van der Waals surface area contributed by atoms with Crippen LogP contribution in [-0.2, 0) is 6.54 Å². The molecular weight excluding hydrogens is 262 g/mol. The Morgan fingerprint density at radius 2 is 2.10 bits per heavy atom. The SMILES string of the molecule is Cc1ccc(=O)n(CCNC(=O)c2ccc(=O)oc2)n1. The molecule has 1 N–H and O–H groups in total. The van der Waals surface area contributed by atoms with Gasteiger partial charge in [0.25, 0.3) is 11.5 Å². The fourth-order valence-corrected chi connectivity index (χ4v) is 1.58. The van der Waals surface area contributed by atoms with Crippen molar-refractivity contribution in [3.8, 4) is 0 Å². The third-order valence-electron chi connectivity index (χ3n) is 2.57. The van der Waals surface area contributed by atoms with E-state index in [0.717, 1.165) is 12.0 Å². The highest BCUT2D eigenvalue weighted by molar-refractivity contribution is 5.93. The van der Waals surface area contributed by atoms with Crippen molar-refractivity contribution in [1.82, 2.24) is 15.1 Å². The van der Waals surface area contributed by atoms with E-state index in [1.165, 1.54) is 22.9 Å². The van der Waals surface area contributed by atoms with Gasteiger partial charge in [-0.3, -0.25) is 9.59 Å². The van der Waals surface area contributed by atoms with Crippen LogP contribution in [0.1, 0.15) is 16.1 Å². The van der Waals surface area contributed by atoms with Gasteiger partial charge in [-0.25, -0.2) is 9.48 Å². The summed E-state index contributed by atoms with van der Waals surface area (Å²) in [6.07, 6.45) is 1.09. The molecule has 0 bridgehead atoms. The molecule has 0 atom stereocenters. The van der Waals surface area contributed by atoms with Crippen molar-refractivity contribution < 1.29 is 9.21 Å². The molecule has 0 aliphatic carbocycles. The maximum atomic E-state index is 11.7. The monoisotopic (exact) mass is 275 g/mol. The summed E-state index contributed by atoms with van der Waals surface area (Å²) in [5.74, 6) is -0.380. The zero-order valence-electron chi connectivity index (χ0n) is 10.8. The first kappa shape index (κ1) is 13.7. The average molecular weight is 275 g/mol. The fourth-order valence-electron chi connectivity index (χ4n) is 1.58. The molecule has 2 aromatic heterocycles. The van der Waals surface area contributed by atoms with Crippen LogP contribution in [0.4, 0.5) is 0 Å². The van der Waals surface area contributed by atoms with Gasteiger partial charge in [-0.1, -0.05) is 0 Å². The van der Waals surface area contributed by atoms with Crippen LogP contribution in [-0.4, -0.2) is 22.2 Å². The molecular formula is C13H13N3O4. The molecule has 7 nitrogen and oxygen atoms in total. The number of amides is 1. The lowest BCUT2D eigenvalue weighted by atomic mass is 10.3. The van der Waals surface area contributed by atoms with Crippen LogP contribution in [0.2, 0.25) is 0 Å². The number of aromatic nitrogens is 2. The zero-order chi connectivity index (χ0) is 14.5. The van der Waals surface area contributed by atoms with Crippen LogP contribution >= 0.6 is 0 Å². The fraction of sp³-hybridized carbons (Fsp3) is 0.231. The molecule has 0 fully saturated rings. The molecule has 2 rings (SSSR count). The number of aryl methyl sites for hydroxylation is 1. The Hall–Kier alpha value is -2.70. The summed E-state index contributed by atoms with van der Waals surface area (Å²) in [6, 6.07) is 5.60. The van der Waals surface area contributed by atoms with Crippen LogP contribution in [0.3, 0.4) is 0 Å². The predicted molar refractivity (Wildman–Crippen MR) is 70.5 cm³/mol. The molecule has 0 unspecified atom stereocenters. The summed E-state index contributed by atoms with van der Waals surface area (Å²) in [5.41, 5.74) is 0.225. The number of carbonyl (C=O) groups is 1. The summed E-state index contributed by atoms with van der Waals surface area (Å²) >= 11 is 0. The van der Waals surface area contributed by atoms with Crippen molar-refractivity contribution >= 4 is 5.91 Å². The minimum atomic E-state index is -0.517. The molecule has 104 valence electrons. The molecule has 0 radical (unpaired) electrons. The zero-order valence-corrected chi connectivity index (χ0v) is 10.8. The lowest BCUT2D eigenvalue weighted by Gasteiger charge is -2.06. The van der Waals surface area contributed by atoms with E-state index in [0.29, 0.717) is 0 Å². The molecule has 2 heterocycles. The normalized spacial score (nSPS) is 10.2. The molecule has 0 aliphatic heterocycles. The van der Waals surface area contributed by atoms with Crippen LogP contribution < -0.4 is 16.5 Å². The number of hydrogen-bond acceptors (Lipinski definition) is 5. The molecule has 0 aliphatic rings. The molecule has 20 heavy (non-hydrogen) atoms. The first-order valence-electron chi connectivity index (χ1n) is 5.98. The number of carbonyl (C=O) groups excluding carboxylic acids is 1. The maximum Gasteiger partial charge on any atom is 0.335 e. The van der Waals surface area contributed by atoms with E-state index in [2.05, 4.69) is 14.8 Å². The van der Waals surface area contributed by atoms with Crippen molar-refractivity contribution in [2.24, 2.45) is 0 Å². The quantitative estimate of drug-likeness (QED) is 0.843. The topological polar surface area (TPSA) is 94.2 Å². The Labute approximate surface area is 113 Å². The standard InChI is InChI=1S/C13H13N3O4/c1-9-2-4-11(17)16(15-9)7-6-14-13(19)10-3-5-12(18)20-8-10/h2-5,8H,6-7H2,1H3,(H,14,19). The van der Waals surface area contributed by atoms with Gasteiger partial charge in [0.1, 0.15) is 6.26 Å². The Morgan fingerprint density at radius 1 is 1.30 bits per heavy atom. The summed E-state index contributed by atoms with van der Waals surface area (Å²) in [5, 5.41) is 6.66. The Morgan fingerprint density at radius 3 is 2.80 bits per heavy atom. The number of rotatable bonds is 4. The van der Waals surface area contributed by atoms with Gasteiger partial charge < -0.3 is 9.73 Å². The van der Waals surface area contributed by atoms with Gasteiger partial charge in [-0.15, -0.1) is 0 Å². The second-order valence-corrected chi connectivity index (χ2v) is 4.14. The van der Waals surface area contributed by atoms with E-state index in [4.69, 9.17) is 0 Å². The van der Waals surface area contributed by atoms with E-state index in [1.54, 1.807) is 13.0 Å². The van der Waals surface area contributed by atoms with Gasteiger partial charge in [0.2, 0.25) is 0 Å². The Bertz CT molecular complexity index is 712. The molecule has 0 saturated carbocycles. The van der Waals surface area contributed by atoms with Crippen LogP contribution in [0.15, 0.2) is 44.5 Å². The largest absolute Gasteiger partial charge is 0.430 e. The predicted octanol–water partition coefficient (Wildman–Crippen LogP) is -0.0651. The van der Waals surface area contributed by atoms with Crippen LogP contribution in [0.25, 0.3) is 0 Å². The lowest BCUT2D eigenvalue weighted by Crippen LogP contribution is -2.32. The summed E-state index contributed by atoms with van der Waals surface area (Å²) in [4.78, 5) is 34.0. The van der Waals surface area contributed by atoms with Gasteiger partial charge in [-0.05, 0) is 19.1 Å². The number of hydrogen-bond donors (Lipinski definition) is 1. The number of nitrogens with zero attached hydrogens (tertiary/aromatic N) is 2. The maximum absolute atomic E-state index is 11.7. The molecule has 1 amide bonds. The summed E-state index contributed by atoms with van der Waals surface area (Å²) < 4.78 is 5.87. The molecule has 2 aromatic rings. The van der Waals surface area contributed by atoms with Crippen LogP contribution in [0.5, 0.6) is 0 Å². The molecule has 0 saturated heterocycles. The summed E-state index contributed by atoms with van der Waals surface area (Å²) in [7, 11) is 0. The lowest BCUT2D eigenvalue weighted by molar-refractivity contribution is 0.0949. The Kier molecular flexibility index (Phi) is 4.09. The van der Waals surface area contributed by atoms with E-state index in [9.17, 15) is 14.4 Å². The van der Waals surface area contributed by atoms with Crippen molar-refractivity contribution in [3.05, 3.63) is 62.6 Å². The molecule has 0 spiro atoms. The third-order valence-corrected chi connectivity index (χ3v) is 2.57. The second kappa shape index (κ2) is 5.96. The van der Waals surface area contributed by atoms with Gasteiger partial charge >= 0.3 is 5.63 Å². The smallest absolute Gasteiger partial charge is 0.335 e. The van der Waals surface area contributed by atoms with E-state index in [-0.39, 0.29) is 30.1 Å². The highest BCUT2D eigenvalue weighted by atomic mass is 16.4. The first-order valence-corrected chi connectivity index (χ1v) is 5.98. The highest BCUT2D eigenvalue weighted by Crippen LogP contribution is 1.94. The van der Waals surface area contributed by atoms with Gasteiger partial charge in [0.05, 0.1) is 17.8 Å². The minimum absolute atomic E-state index is 0.226.